The van der Waals surface area contributed by atoms with E-state index in [1.165, 1.54) is 0 Å². The third-order valence-corrected chi connectivity index (χ3v) is 1.34. The monoisotopic (exact) mass is 168 g/mol. The number of rotatable bonds is 3. The maximum Gasteiger partial charge on any atom is 0.120 e. The van der Waals surface area contributed by atoms with Crippen molar-refractivity contribution in [3.63, 3.8) is 0 Å². The van der Waals surface area contributed by atoms with Crippen LogP contribution in [0.25, 0.3) is 0 Å². The molecule has 0 aliphatic heterocycles. The van der Waals surface area contributed by atoms with Gasteiger partial charge in [-0.2, -0.15) is 0 Å². The molecule has 0 heterocycles. The molecular weight excluding hydrogens is 152 g/mol. The number of carbonyl (C=O) groups is 1. The molecule has 0 aliphatic carbocycles. The van der Waals surface area contributed by atoms with Crippen LogP contribution in [0.3, 0.4) is 0 Å². The Morgan fingerprint density at radius 3 is 2.58 bits per heavy atom. The number of aldehydes is 1. The van der Waals surface area contributed by atoms with E-state index in [1.807, 2.05) is 6.92 Å². The normalized spacial score (nSPS) is 13.0. The quantitative estimate of drug-likeness (QED) is 0.510. The summed E-state index contributed by atoms with van der Waals surface area (Å²) in [4.78, 5) is 10.1. The molecule has 2 nitrogen and oxygen atoms in total. The Kier molecular flexibility index (Phi) is 4.61. The first-order valence-corrected chi connectivity index (χ1v) is 4.11. The Morgan fingerprint density at radius 1 is 1.58 bits per heavy atom. The summed E-state index contributed by atoms with van der Waals surface area (Å²) < 4.78 is 0. The minimum Gasteiger partial charge on any atom is -0.378 e. The number of hydrogen-bond acceptors (Lipinski definition) is 2. The highest BCUT2D eigenvalue weighted by atomic mass is 16.3. The third-order valence-electron chi connectivity index (χ3n) is 1.34. The zero-order valence-electron chi connectivity index (χ0n) is 7.92. The van der Waals surface area contributed by atoms with Gasteiger partial charge in [0.05, 0.1) is 0 Å². The molecule has 0 aromatic carbocycles. The van der Waals surface area contributed by atoms with E-state index in [0.717, 1.165) is 6.29 Å². The molecule has 0 aromatic rings. The highest BCUT2D eigenvalue weighted by Gasteiger charge is 2.05. The zero-order valence-corrected chi connectivity index (χ0v) is 7.92. The fourth-order valence-electron chi connectivity index (χ4n) is 0.689. The van der Waals surface area contributed by atoms with Crippen molar-refractivity contribution < 1.29 is 9.90 Å². The topological polar surface area (TPSA) is 37.3 Å². The van der Waals surface area contributed by atoms with Gasteiger partial charge in [0.25, 0.3) is 0 Å². The van der Waals surface area contributed by atoms with Crippen LogP contribution in [0.1, 0.15) is 33.6 Å². The van der Waals surface area contributed by atoms with Gasteiger partial charge in [-0.25, -0.2) is 0 Å². The van der Waals surface area contributed by atoms with Gasteiger partial charge in [0.1, 0.15) is 11.9 Å². The molecule has 12 heavy (non-hydrogen) atoms. The van der Waals surface area contributed by atoms with Crippen LogP contribution in [0.15, 0.2) is 0 Å². The first-order valence-electron chi connectivity index (χ1n) is 4.11. The molecule has 1 atom stereocenters. The highest BCUT2D eigenvalue weighted by Crippen LogP contribution is 2.04. The molecule has 0 aliphatic rings. The largest absolute Gasteiger partial charge is 0.378 e. The molecule has 68 valence electrons. The van der Waals surface area contributed by atoms with Crippen molar-refractivity contribution in [2.24, 2.45) is 5.92 Å². The Bertz CT molecular complexity index is 190. The van der Waals surface area contributed by atoms with Crippen LogP contribution in [-0.2, 0) is 4.79 Å². The Morgan fingerprint density at radius 2 is 2.17 bits per heavy atom. The third kappa shape index (κ3) is 7.30. The number of carbonyl (C=O) groups excluding carboxylic acids is 1. The van der Waals surface area contributed by atoms with E-state index in [2.05, 4.69) is 11.8 Å². The van der Waals surface area contributed by atoms with E-state index >= 15 is 0 Å². The predicted octanol–water partition coefficient (Wildman–Crippen LogP) is 1.38. The van der Waals surface area contributed by atoms with E-state index in [1.54, 1.807) is 13.8 Å². The van der Waals surface area contributed by atoms with Crippen LogP contribution in [-0.4, -0.2) is 17.0 Å². The second-order valence-electron chi connectivity index (χ2n) is 3.57. The van der Waals surface area contributed by atoms with Gasteiger partial charge in [0.15, 0.2) is 0 Å². The maximum atomic E-state index is 10.1. The fourth-order valence-corrected chi connectivity index (χ4v) is 0.689. The summed E-state index contributed by atoms with van der Waals surface area (Å²) in [6.45, 7) is 5.25. The molecule has 0 bridgehead atoms. The molecule has 0 radical (unpaired) electrons. The van der Waals surface area contributed by atoms with Gasteiger partial charge in [-0.15, -0.1) is 5.92 Å². The number of aliphatic hydroxyl groups is 1. The summed E-state index contributed by atoms with van der Waals surface area (Å²) in [7, 11) is 0. The van der Waals surface area contributed by atoms with Crippen molar-refractivity contribution in [1.82, 2.24) is 0 Å². The van der Waals surface area contributed by atoms with Gasteiger partial charge in [-0.05, 0) is 19.8 Å². The van der Waals surface area contributed by atoms with Crippen molar-refractivity contribution in [2.45, 2.75) is 39.2 Å². The molecule has 0 saturated carbocycles. The highest BCUT2D eigenvalue weighted by molar-refractivity contribution is 5.49. The van der Waals surface area contributed by atoms with Crippen LogP contribution < -0.4 is 0 Å². The first kappa shape index (κ1) is 11.2. The van der Waals surface area contributed by atoms with Crippen LogP contribution in [0, 0.1) is 17.8 Å². The zero-order chi connectivity index (χ0) is 9.61. The van der Waals surface area contributed by atoms with Crippen LogP contribution in [0.4, 0.5) is 0 Å². The Balaban J connectivity index is 3.78. The molecular formula is C10H16O2. The van der Waals surface area contributed by atoms with Crippen LogP contribution in [0.2, 0.25) is 0 Å². The van der Waals surface area contributed by atoms with Crippen molar-refractivity contribution in [3.8, 4) is 11.8 Å². The van der Waals surface area contributed by atoms with Crippen molar-refractivity contribution in [1.29, 1.82) is 0 Å². The molecule has 2 heteroatoms. The fraction of sp³-hybridized carbons (Fsp3) is 0.700. The van der Waals surface area contributed by atoms with Crippen molar-refractivity contribution in [2.75, 3.05) is 0 Å². The second kappa shape index (κ2) is 4.95. The van der Waals surface area contributed by atoms with Crippen molar-refractivity contribution in [3.05, 3.63) is 0 Å². The average molecular weight is 168 g/mol. The molecule has 0 spiro atoms. The van der Waals surface area contributed by atoms with Gasteiger partial charge in [-0.3, -0.25) is 0 Å². The summed E-state index contributed by atoms with van der Waals surface area (Å²) in [5.74, 6) is 5.84. The minimum atomic E-state index is -0.916. The summed E-state index contributed by atoms with van der Waals surface area (Å²) in [5, 5.41) is 9.22. The lowest BCUT2D eigenvalue weighted by Crippen LogP contribution is -2.14. The van der Waals surface area contributed by atoms with Crippen molar-refractivity contribution >= 4 is 6.29 Å². The SMILES string of the molecule is C[C@H](CC#CC(C)(C)O)CC=O. The lowest BCUT2D eigenvalue weighted by molar-refractivity contribution is -0.108. The molecule has 0 fully saturated rings. The molecule has 0 saturated heterocycles. The van der Waals surface area contributed by atoms with E-state index in [4.69, 9.17) is 0 Å². The Labute approximate surface area is 74.0 Å². The second-order valence-corrected chi connectivity index (χ2v) is 3.57. The Hall–Kier alpha value is -0.810. The number of hydrogen-bond donors (Lipinski definition) is 1. The van der Waals surface area contributed by atoms with E-state index in [9.17, 15) is 9.90 Å². The molecule has 0 unspecified atom stereocenters. The summed E-state index contributed by atoms with van der Waals surface area (Å²) >= 11 is 0. The summed E-state index contributed by atoms with van der Waals surface area (Å²) in [5.41, 5.74) is -0.916. The average Bonchev–Trinajstić information content (AvgIpc) is 1.84. The van der Waals surface area contributed by atoms with Gasteiger partial charge >= 0.3 is 0 Å². The van der Waals surface area contributed by atoms with Gasteiger partial charge in [-0.1, -0.05) is 12.8 Å². The first-order chi connectivity index (χ1) is 5.45. The molecule has 0 rings (SSSR count). The van der Waals surface area contributed by atoms with Gasteiger partial charge < -0.3 is 9.90 Å². The summed E-state index contributed by atoms with van der Waals surface area (Å²) in [6, 6.07) is 0. The lowest BCUT2D eigenvalue weighted by Gasteiger charge is -2.06. The standard InChI is InChI=1S/C10H16O2/c1-9(6-8-11)5-4-7-10(2,3)12/h8-9,12H,5-6H2,1-3H3/t9-/m1/s1. The van der Waals surface area contributed by atoms with Gasteiger partial charge in [0, 0.05) is 12.8 Å². The van der Waals surface area contributed by atoms with E-state index in [0.29, 0.717) is 12.8 Å². The molecule has 1 N–H and O–H groups in total. The lowest BCUT2D eigenvalue weighted by atomic mass is 10.0. The van der Waals surface area contributed by atoms with E-state index in [-0.39, 0.29) is 5.92 Å². The summed E-state index contributed by atoms with van der Waals surface area (Å²) in [6.07, 6.45) is 2.11. The molecule has 0 aromatic heterocycles. The van der Waals surface area contributed by atoms with Crippen LogP contribution in [0.5, 0.6) is 0 Å². The van der Waals surface area contributed by atoms with E-state index < -0.39 is 5.60 Å². The molecule has 0 amide bonds. The predicted molar refractivity (Wildman–Crippen MR) is 48.5 cm³/mol. The van der Waals surface area contributed by atoms with Gasteiger partial charge in [0.2, 0.25) is 0 Å². The van der Waals surface area contributed by atoms with Crippen LogP contribution >= 0.6 is 0 Å². The smallest absolute Gasteiger partial charge is 0.120 e. The maximum absolute atomic E-state index is 10.1. The minimum absolute atomic E-state index is 0.289.